The molecule has 0 saturated carbocycles. The van der Waals surface area contributed by atoms with Crippen molar-refractivity contribution in [2.45, 2.75) is 6.10 Å². The van der Waals surface area contributed by atoms with Crippen molar-refractivity contribution in [1.29, 1.82) is 0 Å². The van der Waals surface area contributed by atoms with Crippen LogP contribution in [0.15, 0.2) is 30.3 Å². The van der Waals surface area contributed by atoms with Gasteiger partial charge in [-0.25, -0.2) is 4.79 Å². The van der Waals surface area contributed by atoms with Gasteiger partial charge in [0, 0.05) is 23.1 Å². The summed E-state index contributed by atoms with van der Waals surface area (Å²) in [4.78, 5) is 10.2. The molecular formula is C8H8MgO3. The minimum absolute atomic E-state index is 0. The normalized spacial score (nSPS) is 11.4. The molecule has 0 aliphatic rings. The highest BCUT2D eigenvalue weighted by Crippen LogP contribution is 2.10. The van der Waals surface area contributed by atoms with E-state index in [2.05, 4.69) is 0 Å². The van der Waals surface area contributed by atoms with Gasteiger partial charge in [0.25, 0.3) is 0 Å². The third kappa shape index (κ3) is 2.81. The zero-order valence-electron chi connectivity index (χ0n) is 6.47. The topological polar surface area (TPSA) is 57.5 Å². The van der Waals surface area contributed by atoms with Crippen LogP contribution in [-0.4, -0.2) is 39.2 Å². The lowest BCUT2D eigenvalue weighted by Crippen LogP contribution is -2.09. The zero-order chi connectivity index (χ0) is 8.27. The number of hydrogen-bond acceptors (Lipinski definition) is 2. The first-order chi connectivity index (χ1) is 5.22. The molecule has 0 bridgehead atoms. The number of aliphatic hydroxyl groups excluding tert-OH is 1. The molecule has 1 aromatic carbocycles. The Morgan fingerprint density at radius 2 is 1.75 bits per heavy atom. The molecule has 0 amide bonds. The molecule has 12 heavy (non-hydrogen) atoms. The average Bonchev–Trinajstić information content (AvgIpc) is 2.05. The number of carboxylic acid groups (broad SMARTS) is 1. The predicted octanol–water partition coefficient (Wildman–Crippen LogP) is 0.424. The fourth-order valence-corrected chi connectivity index (χ4v) is 0.778. The molecule has 0 aromatic heterocycles. The van der Waals surface area contributed by atoms with Gasteiger partial charge in [0.2, 0.25) is 0 Å². The summed E-state index contributed by atoms with van der Waals surface area (Å²) in [7, 11) is 0. The summed E-state index contributed by atoms with van der Waals surface area (Å²) >= 11 is 0. The van der Waals surface area contributed by atoms with E-state index >= 15 is 0 Å². The monoisotopic (exact) mass is 176 g/mol. The zero-order valence-corrected chi connectivity index (χ0v) is 7.89. The Morgan fingerprint density at radius 3 is 2.17 bits per heavy atom. The molecule has 2 N–H and O–H groups in total. The van der Waals surface area contributed by atoms with E-state index in [0.29, 0.717) is 5.56 Å². The van der Waals surface area contributed by atoms with Crippen molar-refractivity contribution in [2.75, 3.05) is 0 Å². The van der Waals surface area contributed by atoms with E-state index in [1.807, 2.05) is 0 Å². The van der Waals surface area contributed by atoms with E-state index < -0.39 is 12.1 Å². The molecule has 0 aliphatic heterocycles. The quantitative estimate of drug-likeness (QED) is 0.642. The molecule has 2 radical (unpaired) electrons. The van der Waals surface area contributed by atoms with E-state index in [0.717, 1.165) is 0 Å². The molecule has 1 unspecified atom stereocenters. The molecule has 0 fully saturated rings. The van der Waals surface area contributed by atoms with Crippen LogP contribution in [0, 0.1) is 0 Å². The largest absolute Gasteiger partial charge is 0.479 e. The van der Waals surface area contributed by atoms with Crippen molar-refractivity contribution < 1.29 is 15.0 Å². The fraction of sp³-hybridized carbons (Fsp3) is 0.125. The van der Waals surface area contributed by atoms with Gasteiger partial charge in [-0.3, -0.25) is 0 Å². The smallest absolute Gasteiger partial charge is 0.337 e. The van der Waals surface area contributed by atoms with Crippen LogP contribution in [-0.2, 0) is 4.79 Å². The lowest BCUT2D eigenvalue weighted by atomic mass is 10.1. The van der Waals surface area contributed by atoms with E-state index in [1.54, 1.807) is 30.3 Å². The highest BCUT2D eigenvalue weighted by molar-refractivity contribution is 5.75. The van der Waals surface area contributed by atoms with Gasteiger partial charge in [-0.15, -0.1) is 0 Å². The second-order valence-electron chi connectivity index (χ2n) is 2.15. The summed E-state index contributed by atoms with van der Waals surface area (Å²) in [5.74, 6) is -1.23. The summed E-state index contributed by atoms with van der Waals surface area (Å²) in [5.41, 5.74) is 0.403. The van der Waals surface area contributed by atoms with Crippen LogP contribution in [0.5, 0.6) is 0 Å². The Hall–Kier alpha value is -0.584. The minimum Gasteiger partial charge on any atom is -0.479 e. The maximum absolute atomic E-state index is 10.2. The highest BCUT2D eigenvalue weighted by Gasteiger charge is 2.14. The van der Waals surface area contributed by atoms with Crippen molar-refractivity contribution in [1.82, 2.24) is 0 Å². The van der Waals surface area contributed by atoms with E-state index in [4.69, 9.17) is 10.2 Å². The Bertz CT molecular complexity index is 248. The number of carboxylic acids is 1. The van der Waals surface area contributed by atoms with Crippen LogP contribution in [0.4, 0.5) is 0 Å². The van der Waals surface area contributed by atoms with Crippen molar-refractivity contribution >= 4 is 29.0 Å². The first kappa shape index (κ1) is 11.4. The third-order valence-corrected chi connectivity index (χ3v) is 1.35. The lowest BCUT2D eigenvalue weighted by molar-refractivity contribution is -0.146. The van der Waals surface area contributed by atoms with Crippen molar-refractivity contribution in [3.8, 4) is 0 Å². The molecule has 0 saturated heterocycles. The molecule has 1 aromatic rings. The predicted molar refractivity (Wildman–Crippen MR) is 44.8 cm³/mol. The Morgan fingerprint density at radius 1 is 1.25 bits per heavy atom. The number of hydrogen-bond donors (Lipinski definition) is 2. The van der Waals surface area contributed by atoms with Crippen LogP contribution < -0.4 is 0 Å². The highest BCUT2D eigenvalue weighted by atomic mass is 24.3. The molecule has 0 aliphatic carbocycles. The SMILES string of the molecule is O=C(O)C(O)c1ccccc1.[Mg]. The number of rotatable bonds is 2. The summed E-state index contributed by atoms with van der Waals surface area (Å²) in [6, 6.07) is 8.26. The summed E-state index contributed by atoms with van der Waals surface area (Å²) in [6.07, 6.45) is -1.41. The van der Waals surface area contributed by atoms with Crippen molar-refractivity contribution in [3.63, 3.8) is 0 Å². The van der Waals surface area contributed by atoms with Crippen LogP contribution in [0.1, 0.15) is 11.7 Å². The van der Waals surface area contributed by atoms with Gasteiger partial charge >= 0.3 is 5.97 Å². The number of aliphatic hydroxyl groups is 1. The standard InChI is InChI=1S/C8H8O3.Mg/c9-7(8(10)11)6-4-2-1-3-5-6;/h1-5,7,9H,(H,10,11);. The summed E-state index contributed by atoms with van der Waals surface area (Å²) < 4.78 is 0. The van der Waals surface area contributed by atoms with Crippen LogP contribution in [0.3, 0.4) is 0 Å². The maximum Gasteiger partial charge on any atom is 0.337 e. The molecule has 1 atom stereocenters. The molecule has 0 spiro atoms. The lowest BCUT2D eigenvalue weighted by Gasteiger charge is -2.03. The van der Waals surface area contributed by atoms with Crippen LogP contribution >= 0.6 is 0 Å². The Balaban J connectivity index is 0.00000121. The van der Waals surface area contributed by atoms with E-state index in [-0.39, 0.29) is 23.1 Å². The van der Waals surface area contributed by atoms with Crippen molar-refractivity contribution in [3.05, 3.63) is 35.9 Å². The number of aliphatic carboxylic acids is 1. The van der Waals surface area contributed by atoms with Gasteiger partial charge in [0.1, 0.15) is 0 Å². The Kier molecular flexibility index (Phi) is 4.88. The van der Waals surface area contributed by atoms with Crippen LogP contribution in [0.25, 0.3) is 0 Å². The van der Waals surface area contributed by atoms with E-state index in [9.17, 15) is 4.79 Å². The molecule has 60 valence electrons. The van der Waals surface area contributed by atoms with Gasteiger partial charge < -0.3 is 10.2 Å². The molecule has 1 rings (SSSR count). The molecule has 0 heterocycles. The van der Waals surface area contributed by atoms with Crippen LogP contribution in [0.2, 0.25) is 0 Å². The number of carbonyl (C=O) groups is 1. The molecular weight excluding hydrogens is 168 g/mol. The summed E-state index contributed by atoms with van der Waals surface area (Å²) in [5, 5.41) is 17.4. The van der Waals surface area contributed by atoms with Gasteiger partial charge in [-0.2, -0.15) is 0 Å². The second-order valence-corrected chi connectivity index (χ2v) is 2.15. The molecule has 4 heteroatoms. The van der Waals surface area contributed by atoms with E-state index in [1.165, 1.54) is 0 Å². The van der Waals surface area contributed by atoms with Crippen molar-refractivity contribution in [2.24, 2.45) is 0 Å². The van der Waals surface area contributed by atoms with Gasteiger partial charge in [-0.05, 0) is 5.56 Å². The minimum atomic E-state index is -1.41. The second kappa shape index (κ2) is 5.13. The fourth-order valence-electron chi connectivity index (χ4n) is 0.778. The average molecular weight is 176 g/mol. The number of benzene rings is 1. The molecule has 3 nitrogen and oxygen atoms in total. The first-order valence-corrected chi connectivity index (χ1v) is 3.17. The Labute approximate surface area is 86.2 Å². The van der Waals surface area contributed by atoms with Gasteiger partial charge in [0.05, 0.1) is 0 Å². The third-order valence-electron chi connectivity index (χ3n) is 1.35. The summed E-state index contributed by atoms with van der Waals surface area (Å²) in [6.45, 7) is 0. The van der Waals surface area contributed by atoms with Gasteiger partial charge in [-0.1, -0.05) is 30.3 Å². The van der Waals surface area contributed by atoms with Gasteiger partial charge in [0.15, 0.2) is 6.10 Å². The first-order valence-electron chi connectivity index (χ1n) is 3.17. The maximum atomic E-state index is 10.2.